The first-order valence-electron chi connectivity index (χ1n) is 13.2. The van der Waals surface area contributed by atoms with Gasteiger partial charge in [-0.05, 0) is 49.2 Å². The van der Waals surface area contributed by atoms with Crippen molar-refractivity contribution < 1.29 is 26.3 Å². The molecule has 5 rings (SSSR count). The number of hydrogen-bond donors (Lipinski definition) is 3. The lowest BCUT2D eigenvalue weighted by molar-refractivity contribution is 0.254. The van der Waals surface area contributed by atoms with E-state index in [4.69, 9.17) is 4.74 Å². The first-order valence-corrected chi connectivity index (χ1v) is 14.8. The third-order valence-corrected chi connectivity index (χ3v) is 8.57. The molecule has 0 spiro atoms. The fourth-order valence-electron chi connectivity index (χ4n) is 4.60. The normalized spacial score (nSPS) is 17.4. The summed E-state index contributed by atoms with van der Waals surface area (Å²) in [5, 5.41) is 5.09. The number of nitrogens with zero attached hydrogens (tertiary/aromatic N) is 3. The number of alkyl halides is 1. The molecule has 0 amide bonds. The molecule has 1 unspecified atom stereocenters. The highest BCUT2D eigenvalue weighted by Gasteiger charge is 2.27. The molecule has 0 saturated carbocycles. The minimum absolute atomic E-state index is 0. The number of anilines is 2. The van der Waals surface area contributed by atoms with Crippen LogP contribution in [-0.2, 0) is 10.0 Å². The Kier molecular flexibility index (Phi) is 10.1. The summed E-state index contributed by atoms with van der Waals surface area (Å²) in [6.45, 7) is 3.76. The molecule has 4 aromatic rings. The zero-order valence-electron chi connectivity index (χ0n) is 23.2. The van der Waals surface area contributed by atoms with Crippen LogP contribution in [0.15, 0.2) is 67.0 Å². The summed E-state index contributed by atoms with van der Waals surface area (Å²) in [5.74, 6) is -3.05. The van der Waals surface area contributed by atoms with E-state index in [1.54, 1.807) is 48.5 Å². The van der Waals surface area contributed by atoms with Crippen molar-refractivity contribution in [1.29, 1.82) is 0 Å². The van der Waals surface area contributed by atoms with E-state index >= 15 is 8.78 Å². The summed E-state index contributed by atoms with van der Waals surface area (Å²) in [4.78, 5) is 12.9. The third kappa shape index (κ3) is 7.35. The van der Waals surface area contributed by atoms with Gasteiger partial charge in [-0.3, -0.25) is 4.72 Å². The van der Waals surface area contributed by atoms with Gasteiger partial charge in [-0.2, -0.15) is 4.39 Å². The summed E-state index contributed by atoms with van der Waals surface area (Å²) >= 11 is 0. The van der Waals surface area contributed by atoms with Crippen LogP contribution in [0.4, 0.5) is 24.8 Å². The molecule has 228 valence electrons. The molecule has 0 bridgehead atoms. The van der Waals surface area contributed by atoms with E-state index in [0.29, 0.717) is 36.3 Å². The predicted octanol–water partition coefficient (Wildman–Crippen LogP) is 5.95. The molecule has 43 heavy (non-hydrogen) atoms. The molecular weight excluding hydrogens is 605 g/mol. The van der Waals surface area contributed by atoms with Gasteiger partial charge in [-0.1, -0.05) is 30.3 Å². The van der Waals surface area contributed by atoms with Gasteiger partial charge in [-0.15, -0.1) is 12.4 Å². The molecular formula is C29H30ClF3N6O3S. The molecule has 2 aromatic carbocycles. The van der Waals surface area contributed by atoms with Crippen LogP contribution in [0.5, 0.6) is 11.6 Å². The summed E-state index contributed by atoms with van der Waals surface area (Å²) in [6.07, 6.45) is 2.26. The number of rotatable bonds is 9. The summed E-state index contributed by atoms with van der Waals surface area (Å²) in [5.41, 5.74) is 0.838. The lowest BCUT2D eigenvalue weighted by atomic mass is 10.1. The second-order valence-electron chi connectivity index (χ2n) is 9.95. The van der Waals surface area contributed by atoms with E-state index in [0.717, 1.165) is 6.07 Å². The van der Waals surface area contributed by atoms with Crippen LogP contribution in [0, 0.1) is 18.6 Å². The van der Waals surface area contributed by atoms with Gasteiger partial charge in [0.25, 0.3) is 0 Å². The van der Waals surface area contributed by atoms with Crippen molar-refractivity contribution in [3.05, 3.63) is 89.8 Å². The van der Waals surface area contributed by atoms with Gasteiger partial charge in [0.2, 0.25) is 27.7 Å². The minimum Gasteiger partial charge on any atom is -0.435 e. The van der Waals surface area contributed by atoms with Gasteiger partial charge in [0.1, 0.15) is 11.4 Å². The maximum atomic E-state index is 15.4. The average Bonchev–Trinajstić information content (AvgIpc) is 2.98. The zero-order valence-corrected chi connectivity index (χ0v) is 24.9. The Morgan fingerprint density at radius 1 is 1.02 bits per heavy atom. The molecule has 14 heteroatoms. The Bertz CT molecular complexity index is 1680. The van der Waals surface area contributed by atoms with Crippen LogP contribution in [0.1, 0.15) is 29.7 Å². The molecule has 2 aromatic heterocycles. The van der Waals surface area contributed by atoms with Gasteiger partial charge >= 0.3 is 0 Å². The van der Waals surface area contributed by atoms with E-state index in [9.17, 15) is 12.8 Å². The molecule has 3 atom stereocenters. The topological polar surface area (TPSA) is 118 Å². The van der Waals surface area contributed by atoms with Crippen LogP contribution in [0.2, 0.25) is 0 Å². The number of hydrogen-bond acceptors (Lipinski definition) is 8. The standard InChI is InChI=1S/C29H29F3N6O3S.ClH/c1-17-13-24(38-42(39,40)18(2)19-7-4-3-5-8-19)25(31)26(32)27(17)41-28-22(9-6-11-34-28)23-10-12-35-29(37-23)36-21-14-20(30)15-33-16-21;/h3-13,18,20-21,33,38H,14-16H2,1-2H3,(H,35,36,37);1H/t18?,20-,21-;/m0./s1. The average molecular weight is 635 g/mol. The van der Waals surface area contributed by atoms with Gasteiger partial charge in [0.05, 0.1) is 16.9 Å². The van der Waals surface area contributed by atoms with Crippen LogP contribution >= 0.6 is 12.4 Å². The fraction of sp³-hybridized carbons (Fsp3) is 0.276. The van der Waals surface area contributed by atoms with Crippen LogP contribution in [-0.4, -0.2) is 48.7 Å². The number of pyridine rings is 1. The van der Waals surface area contributed by atoms with Gasteiger partial charge in [0.15, 0.2) is 11.6 Å². The number of sulfonamides is 1. The zero-order chi connectivity index (χ0) is 29.9. The molecule has 1 saturated heterocycles. The number of aryl methyl sites for hydroxylation is 1. The largest absolute Gasteiger partial charge is 0.435 e. The van der Waals surface area contributed by atoms with Gasteiger partial charge in [-0.25, -0.2) is 32.2 Å². The van der Waals surface area contributed by atoms with Crippen molar-refractivity contribution >= 4 is 34.1 Å². The van der Waals surface area contributed by atoms with E-state index in [1.807, 2.05) is 0 Å². The molecule has 0 radical (unpaired) electrons. The Labute approximate surface area is 253 Å². The second kappa shape index (κ2) is 13.6. The number of nitrogens with one attached hydrogen (secondary N) is 3. The number of halogens is 4. The molecule has 1 aliphatic rings. The van der Waals surface area contributed by atoms with Crippen LogP contribution in [0.3, 0.4) is 0 Å². The van der Waals surface area contributed by atoms with Crippen LogP contribution < -0.4 is 20.1 Å². The number of piperidine rings is 1. The highest BCUT2D eigenvalue weighted by molar-refractivity contribution is 7.92. The van der Waals surface area contributed by atoms with Gasteiger partial charge < -0.3 is 15.4 Å². The van der Waals surface area contributed by atoms with E-state index < -0.39 is 44.5 Å². The van der Waals surface area contributed by atoms with Crippen molar-refractivity contribution in [1.82, 2.24) is 20.3 Å². The highest BCUT2D eigenvalue weighted by atomic mass is 35.5. The maximum absolute atomic E-state index is 15.4. The first kappa shape index (κ1) is 32.0. The lowest BCUT2D eigenvalue weighted by Crippen LogP contribution is -2.44. The molecule has 9 nitrogen and oxygen atoms in total. The second-order valence-corrected chi connectivity index (χ2v) is 12.0. The lowest BCUT2D eigenvalue weighted by Gasteiger charge is -2.26. The Morgan fingerprint density at radius 2 is 1.79 bits per heavy atom. The van der Waals surface area contributed by atoms with E-state index in [2.05, 4.69) is 30.3 Å². The van der Waals surface area contributed by atoms with E-state index in [1.165, 1.54) is 26.2 Å². The molecule has 3 heterocycles. The van der Waals surface area contributed by atoms with Crippen molar-refractivity contribution in [3.8, 4) is 22.9 Å². The monoisotopic (exact) mass is 634 g/mol. The third-order valence-electron chi connectivity index (χ3n) is 6.87. The quantitative estimate of drug-likeness (QED) is 0.207. The first-order chi connectivity index (χ1) is 20.1. The van der Waals surface area contributed by atoms with Gasteiger partial charge in [0, 0.05) is 37.9 Å². The Balaban J connectivity index is 0.00000423. The van der Waals surface area contributed by atoms with Crippen molar-refractivity contribution in [2.75, 3.05) is 23.1 Å². The fourth-order valence-corrected chi connectivity index (χ4v) is 5.75. The smallest absolute Gasteiger partial charge is 0.239 e. The number of benzene rings is 2. The molecule has 3 N–H and O–H groups in total. The number of ether oxygens (including phenoxy) is 1. The summed E-state index contributed by atoms with van der Waals surface area (Å²) in [7, 11) is -4.11. The van der Waals surface area contributed by atoms with E-state index in [-0.39, 0.29) is 35.8 Å². The minimum atomic E-state index is -4.11. The maximum Gasteiger partial charge on any atom is 0.239 e. The Hall–Kier alpha value is -3.94. The predicted molar refractivity (Wildman–Crippen MR) is 161 cm³/mol. The summed E-state index contributed by atoms with van der Waals surface area (Å²) < 4.78 is 78.2. The van der Waals surface area contributed by atoms with Crippen LogP contribution in [0.25, 0.3) is 11.3 Å². The highest BCUT2D eigenvalue weighted by Crippen LogP contribution is 2.37. The SMILES string of the molecule is Cc1cc(NS(=O)(=O)C(C)c2ccccc2)c(F)c(F)c1Oc1ncccc1-c1ccnc(N[C@@H]2CNC[C@@H](F)C2)n1.Cl. The molecule has 0 aliphatic carbocycles. The molecule has 1 fully saturated rings. The van der Waals surface area contributed by atoms with Crippen molar-refractivity contribution in [2.45, 2.75) is 37.7 Å². The molecule has 1 aliphatic heterocycles. The Morgan fingerprint density at radius 3 is 2.53 bits per heavy atom. The number of aromatic nitrogens is 3. The summed E-state index contributed by atoms with van der Waals surface area (Å²) in [6, 6.07) is 14.2. The van der Waals surface area contributed by atoms with Crippen molar-refractivity contribution in [2.24, 2.45) is 0 Å². The van der Waals surface area contributed by atoms with Crippen molar-refractivity contribution in [3.63, 3.8) is 0 Å².